The molecule has 0 saturated carbocycles. The van der Waals surface area contributed by atoms with Gasteiger partial charge in [-0.25, -0.2) is 0 Å². The van der Waals surface area contributed by atoms with E-state index in [1.807, 2.05) is 0 Å². The second kappa shape index (κ2) is 5.12. The molecule has 0 aliphatic heterocycles. The maximum absolute atomic E-state index is 6.24. The SMILES string of the molecule is CC(C)C(C)C(N)c1ccccc1I. The van der Waals surface area contributed by atoms with Crippen LogP contribution >= 0.6 is 22.6 Å². The summed E-state index contributed by atoms with van der Waals surface area (Å²) >= 11 is 2.35. The van der Waals surface area contributed by atoms with Gasteiger partial charge in [0.2, 0.25) is 0 Å². The van der Waals surface area contributed by atoms with Crippen LogP contribution in [0.15, 0.2) is 24.3 Å². The minimum absolute atomic E-state index is 0.156. The summed E-state index contributed by atoms with van der Waals surface area (Å²) in [4.78, 5) is 0. The van der Waals surface area contributed by atoms with E-state index in [2.05, 4.69) is 67.6 Å². The standard InChI is InChI=1S/C12H18IN/c1-8(2)9(3)12(14)10-6-4-5-7-11(10)13/h4-9,12H,14H2,1-3H3. The summed E-state index contributed by atoms with van der Waals surface area (Å²) in [5.74, 6) is 1.15. The Hall–Kier alpha value is -0.0900. The summed E-state index contributed by atoms with van der Waals surface area (Å²) in [6, 6.07) is 8.51. The quantitative estimate of drug-likeness (QED) is 0.849. The van der Waals surface area contributed by atoms with Crippen LogP contribution in [0.3, 0.4) is 0 Å². The zero-order valence-electron chi connectivity index (χ0n) is 9.00. The third-order valence-electron chi connectivity index (χ3n) is 2.88. The first kappa shape index (κ1) is 12.0. The molecule has 0 aliphatic rings. The minimum atomic E-state index is 0.156. The number of rotatable bonds is 3. The van der Waals surface area contributed by atoms with Crippen molar-refractivity contribution >= 4 is 22.6 Å². The Morgan fingerprint density at radius 1 is 1.14 bits per heavy atom. The molecule has 0 aliphatic carbocycles. The van der Waals surface area contributed by atoms with Gasteiger partial charge in [-0.2, -0.15) is 0 Å². The van der Waals surface area contributed by atoms with Crippen molar-refractivity contribution in [3.05, 3.63) is 33.4 Å². The first-order chi connectivity index (χ1) is 6.54. The van der Waals surface area contributed by atoms with E-state index in [0.717, 1.165) is 0 Å². The first-order valence-corrected chi connectivity index (χ1v) is 6.12. The van der Waals surface area contributed by atoms with Gasteiger partial charge in [-0.05, 0) is 46.1 Å². The van der Waals surface area contributed by atoms with Gasteiger partial charge in [-0.1, -0.05) is 39.0 Å². The Kier molecular flexibility index (Phi) is 4.38. The molecule has 0 amide bonds. The highest BCUT2D eigenvalue weighted by Crippen LogP contribution is 2.28. The third kappa shape index (κ3) is 2.70. The molecule has 0 spiro atoms. The van der Waals surface area contributed by atoms with Gasteiger partial charge >= 0.3 is 0 Å². The predicted molar refractivity (Wildman–Crippen MR) is 70.1 cm³/mol. The molecule has 2 atom stereocenters. The van der Waals surface area contributed by atoms with Crippen LogP contribution in [0.1, 0.15) is 32.4 Å². The van der Waals surface area contributed by atoms with Gasteiger partial charge in [0.15, 0.2) is 0 Å². The summed E-state index contributed by atoms with van der Waals surface area (Å²) in [6.45, 7) is 6.67. The van der Waals surface area contributed by atoms with E-state index in [1.54, 1.807) is 0 Å². The molecule has 0 fully saturated rings. The highest BCUT2D eigenvalue weighted by Gasteiger charge is 2.19. The molecule has 1 rings (SSSR count). The fourth-order valence-electron chi connectivity index (χ4n) is 1.44. The molecule has 14 heavy (non-hydrogen) atoms. The van der Waals surface area contributed by atoms with Gasteiger partial charge < -0.3 is 5.73 Å². The van der Waals surface area contributed by atoms with Gasteiger partial charge in [0, 0.05) is 9.61 Å². The van der Waals surface area contributed by atoms with E-state index < -0.39 is 0 Å². The van der Waals surface area contributed by atoms with Crippen LogP contribution in [-0.4, -0.2) is 0 Å². The summed E-state index contributed by atoms with van der Waals surface area (Å²) in [5.41, 5.74) is 7.51. The van der Waals surface area contributed by atoms with E-state index in [9.17, 15) is 0 Å². The second-order valence-electron chi connectivity index (χ2n) is 4.15. The van der Waals surface area contributed by atoms with Crippen molar-refractivity contribution in [1.82, 2.24) is 0 Å². The average molecular weight is 303 g/mol. The van der Waals surface area contributed by atoms with Crippen molar-refractivity contribution in [2.75, 3.05) is 0 Å². The Morgan fingerprint density at radius 3 is 2.21 bits per heavy atom. The van der Waals surface area contributed by atoms with Gasteiger partial charge in [-0.3, -0.25) is 0 Å². The van der Waals surface area contributed by atoms with E-state index in [1.165, 1.54) is 9.13 Å². The molecule has 78 valence electrons. The van der Waals surface area contributed by atoms with Crippen LogP contribution in [0.25, 0.3) is 0 Å². The lowest BCUT2D eigenvalue weighted by molar-refractivity contribution is 0.351. The van der Waals surface area contributed by atoms with E-state index in [0.29, 0.717) is 11.8 Å². The summed E-state index contributed by atoms with van der Waals surface area (Å²) in [7, 11) is 0. The van der Waals surface area contributed by atoms with Crippen LogP contribution in [-0.2, 0) is 0 Å². The molecule has 1 aromatic carbocycles. The lowest BCUT2D eigenvalue weighted by Gasteiger charge is -2.24. The second-order valence-corrected chi connectivity index (χ2v) is 5.31. The highest BCUT2D eigenvalue weighted by atomic mass is 127. The predicted octanol–water partition coefficient (Wildman–Crippen LogP) is 3.58. The third-order valence-corrected chi connectivity index (χ3v) is 3.86. The lowest BCUT2D eigenvalue weighted by Crippen LogP contribution is -2.23. The maximum atomic E-state index is 6.24. The van der Waals surface area contributed by atoms with Crippen LogP contribution in [0, 0.1) is 15.4 Å². The topological polar surface area (TPSA) is 26.0 Å². The molecule has 0 radical (unpaired) electrons. The van der Waals surface area contributed by atoms with Crippen molar-refractivity contribution in [3.63, 3.8) is 0 Å². The van der Waals surface area contributed by atoms with E-state index in [-0.39, 0.29) is 6.04 Å². The smallest absolute Gasteiger partial charge is 0.0333 e. The summed E-state index contributed by atoms with van der Waals surface area (Å²) in [6.07, 6.45) is 0. The first-order valence-electron chi connectivity index (χ1n) is 5.04. The molecule has 2 heteroatoms. The largest absolute Gasteiger partial charge is 0.324 e. The normalized spacial score (nSPS) is 15.6. The monoisotopic (exact) mass is 303 g/mol. The van der Waals surface area contributed by atoms with Crippen LogP contribution in [0.4, 0.5) is 0 Å². The van der Waals surface area contributed by atoms with Crippen LogP contribution in [0.5, 0.6) is 0 Å². The number of halogens is 1. The van der Waals surface area contributed by atoms with Gasteiger partial charge in [0.1, 0.15) is 0 Å². The molecule has 0 bridgehead atoms. The summed E-state index contributed by atoms with van der Waals surface area (Å²) < 4.78 is 1.27. The zero-order valence-corrected chi connectivity index (χ0v) is 11.2. The number of benzene rings is 1. The Morgan fingerprint density at radius 2 is 1.71 bits per heavy atom. The van der Waals surface area contributed by atoms with Crippen molar-refractivity contribution in [1.29, 1.82) is 0 Å². The molecule has 1 nitrogen and oxygen atoms in total. The van der Waals surface area contributed by atoms with Gasteiger partial charge in [0.05, 0.1) is 0 Å². The van der Waals surface area contributed by atoms with Gasteiger partial charge in [0.25, 0.3) is 0 Å². The van der Waals surface area contributed by atoms with Gasteiger partial charge in [-0.15, -0.1) is 0 Å². The van der Waals surface area contributed by atoms with Crippen molar-refractivity contribution in [3.8, 4) is 0 Å². The number of nitrogens with two attached hydrogens (primary N) is 1. The minimum Gasteiger partial charge on any atom is -0.324 e. The molecule has 2 N–H and O–H groups in total. The molecule has 0 heterocycles. The van der Waals surface area contributed by atoms with Crippen LogP contribution in [0.2, 0.25) is 0 Å². The van der Waals surface area contributed by atoms with Crippen LogP contribution < -0.4 is 5.73 Å². The molecule has 0 saturated heterocycles. The lowest BCUT2D eigenvalue weighted by atomic mass is 9.87. The number of hydrogen-bond acceptors (Lipinski definition) is 1. The van der Waals surface area contributed by atoms with Crippen molar-refractivity contribution in [2.24, 2.45) is 17.6 Å². The molecular formula is C12H18IN. The fourth-order valence-corrected chi connectivity index (χ4v) is 2.19. The molecule has 1 aromatic rings. The Labute approximate surface area is 100 Å². The van der Waals surface area contributed by atoms with E-state index in [4.69, 9.17) is 5.73 Å². The average Bonchev–Trinajstić information content (AvgIpc) is 2.16. The highest BCUT2D eigenvalue weighted by molar-refractivity contribution is 14.1. The molecule has 0 aromatic heterocycles. The van der Waals surface area contributed by atoms with Crippen molar-refractivity contribution in [2.45, 2.75) is 26.8 Å². The van der Waals surface area contributed by atoms with E-state index >= 15 is 0 Å². The molecular weight excluding hydrogens is 285 g/mol. The molecule has 2 unspecified atom stereocenters. The van der Waals surface area contributed by atoms with Crippen molar-refractivity contribution < 1.29 is 0 Å². The Bertz CT molecular complexity index is 296. The fraction of sp³-hybridized carbons (Fsp3) is 0.500. The summed E-state index contributed by atoms with van der Waals surface area (Å²) in [5, 5.41) is 0. The Balaban J connectivity index is 2.89. The zero-order chi connectivity index (χ0) is 10.7. The number of hydrogen-bond donors (Lipinski definition) is 1. The maximum Gasteiger partial charge on any atom is 0.0333 e.